The van der Waals surface area contributed by atoms with Gasteiger partial charge in [-0.15, -0.1) is 0 Å². The van der Waals surface area contributed by atoms with Gasteiger partial charge in [0.05, 0.1) is 0 Å². The van der Waals surface area contributed by atoms with Gasteiger partial charge in [0.25, 0.3) is 0 Å². The second-order valence-corrected chi connectivity index (χ2v) is 4.92. The zero-order chi connectivity index (χ0) is 16.1. The van der Waals surface area contributed by atoms with Crippen molar-refractivity contribution in [1.82, 2.24) is 15.5 Å². The molecule has 0 spiro atoms. The molecule has 0 saturated carbocycles. The fourth-order valence-corrected chi connectivity index (χ4v) is 2.07. The fourth-order valence-electron chi connectivity index (χ4n) is 2.07. The van der Waals surface area contributed by atoms with Gasteiger partial charge in [0.2, 0.25) is 5.82 Å². The lowest BCUT2D eigenvalue weighted by Gasteiger charge is -2.02. The number of hydrogen-bond donors (Lipinski definition) is 1. The van der Waals surface area contributed by atoms with Crippen LogP contribution in [0.25, 0.3) is 11.4 Å². The standard InChI is InChI=1S/C17H14FN3O2/c18-14-8-6-12(7-9-14)10-11-19-16(22)17-20-15(21-23-17)13-4-2-1-3-5-13/h1-9H,10-11H2,(H,19,22). The molecule has 0 aliphatic rings. The van der Waals surface area contributed by atoms with E-state index in [0.29, 0.717) is 18.8 Å². The molecular weight excluding hydrogens is 297 g/mol. The lowest BCUT2D eigenvalue weighted by Crippen LogP contribution is -2.26. The molecule has 1 amide bonds. The van der Waals surface area contributed by atoms with E-state index >= 15 is 0 Å². The molecule has 6 heteroatoms. The quantitative estimate of drug-likeness (QED) is 0.786. The monoisotopic (exact) mass is 311 g/mol. The number of carbonyl (C=O) groups is 1. The Balaban J connectivity index is 1.56. The van der Waals surface area contributed by atoms with Crippen molar-refractivity contribution < 1.29 is 13.7 Å². The summed E-state index contributed by atoms with van der Waals surface area (Å²) in [4.78, 5) is 16.0. The van der Waals surface area contributed by atoms with Gasteiger partial charge in [-0.1, -0.05) is 47.6 Å². The molecule has 0 saturated heterocycles. The van der Waals surface area contributed by atoms with E-state index in [2.05, 4.69) is 15.5 Å². The number of aromatic nitrogens is 2. The van der Waals surface area contributed by atoms with Crippen LogP contribution in [-0.2, 0) is 6.42 Å². The minimum atomic E-state index is -0.429. The summed E-state index contributed by atoms with van der Waals surface area (Å²) in [5.74, 6) is -0.420. The first-order valence-corrected chi connectivity index (χ1v) is 7.14. The Hall–Kier alpha value is -3.02. The molecule has 0 aliphatic carbocycles. The largest absolute Gasteiger partial charge is 0.347 e. The van der Waals surface area contributed by atoms with Crippen molar-refractivity contribution in [3.8, 4) is 11.4 Å². The third kappa shape index (κ3) is 3.79. The molecule has 0 fully saturated rings. The van der Waals surface area contributed by atoms with Gasteiger partial charge in [-0.05, 0) is 24.1 Å². The van der Waals surface area contributed by atoms with E-state index in [1.54, 1.807) is 12.1 Å². The Morgan fingerprint density at radius 2 is 1.83 bits per heavy atom. The highest BCUT2D eigenvalue weighted by Crippen LogP contribution is 2.14. The lowest BCUT2D eigenvalue weighted by atomic mass is 10.1. The highest BCUT2D eigenvalue weighted by molar-refractivity contribution is 5.89. The molecule has 1 N–H and O–H groups in total. The zero-order valence-electron chi connectivity index (χ0n) is 12.2. The Kier molecular flexibility index (Phi) is 4.42. The van der Waals surface area contributed by atoms with Crippen LogP contribution in [0.15, 0.2) is 59.1 Å². The van der Waals surface area contributed by atoms with Crippen molar-refractivity contribution >= 4 is 5.91 Å². The Labute approximate surface area is 132 Å². The molecule has 1 aromatic heterocycles. The second kappa shape index (κ2) is 6.83. The third-order valence-corrected chi connectivity index (χ3v) is 3.26. The predicted molar refractivity (Wildman–Crippen MR) is 82.2 cm³/mol. The number of nitrogens with zero attached hydrogens (tertiary/aromatic N) is 2. The van der Waals surface area contributed by atoms with E-state index < -0.39 is 5.91 Å². The van der Waals surface area contributed by atoms with Crippen LogP contribution in [-0.4, -0.2) is 22.6 Å². The summed E-state index contributed by atoms with van der Waals surface area (Å²) in [7, 11) is 0. The molecule has 3 rings (SSSR count). The molecule has 5 nitrogen and oxygen atoms in total. The molecule has 116 valence electrons. The maximum Gasteiger partial charge on any atom is 0.316 e. The van der Waals surface area contributed by atoms with Crippen LogP contribution < -0.4 is 5.32 Å². The van der Waals surface area contributed by atoms with Crippen LogP contribution >= 0.6 is 0 Å². The summed E-state index contributed by atoms with van der Waals surface area (Å²) in [5.41, 5.74) is 1.71. The molecule has 0 aliphatic heterocycles. The molecule has 0 bridgehead atoms. The minimum absolute atomic E-state index is 0.0806. The first-order chi connectivity index (χ1) is 11.2. The molecule has 2 aromatic carbocycles. The van der Waals surface area contributed by atoms with E-state index in [1.165, 1.54) is 12.1 Å². The maximum absolute atomic E-state index is 12.8. The number of rotatable bonds is 5. The molecule has 1 heterocycles. The van der Waals surface area contributed by atoms with Crippen LogP contribution in [0.2, 0.25) is 0 Å². The molecule has 3 aromatic rings. The van der Waals surface area contributed by atoms with E-state index in [9.17, 15) is 9.18 Å². The van der Waals surface area contributed by atoms with E-state index in [4.69, 9.17) is 4.52 Å². The number of halogens is 1. The van der Waals surface area contributed by atoms with Crippen molar-refractivity contribution in [3.63, 3.8) is 0 Å². The highest BCUT2D eigenvalue weighted by Gasteiger charge is 2.15. The number of carbonyl (C=O) groups excluding carboxylic acids is 1. The van der Waals surface area contributed by atoms with Crippen molar-refractivity contribution in [2.45, 2.75) is 6.42 Å². The molecule has 23 heavy (non-hydrogen) atoms. The maximum atomic E-state index is 12.8. The summed E-state index contributed by atoms with van der Waals surface area (Å²) in [6.45, 7) is 0.396. The van der Waals surface area contributed by atoms with Crippen molar-refractivity contribution in [2.24, 2.45) is 0 Å². The first kappa shape index (κ1) is 14.9. The third-order valence-electron chi connectivity index (χ3n) is 3.26. The summed E-state index contributed by atoms with van der Waals surface area (Å²) >= 11 is 0. The first-order valence-electron chi connectivity index (χ1n) is 7.14. The van der Waals surface area contributed by atoms with Crippen LogP contribution in [0.3, 0.4) is 0 Å². The predicted octanol–water partition coefficient (Wildman–Crippen LogP) is 2.85. The van der Waals surface area contributed by atoms with Crippen molar-refractivity contribution in [3.05, 3.63) is 71.9 Å². The summed E-state index contributed by atoms with van der Waals surface area (Å²) < 4.78 is 17.8. The van der Waals surface area contributed by atoms with E-state index in [1.807, 2.05) is 30.3 Å². The Morgan fingerprint density at radius 1 is 1.09 bits per heavy atom. The summed E-state index contributed by atoms with van der Waals surface area (Å²) in [6.07, 6.45) is 0.589. The minimum Gasteiger partial charge on any atom is -0.347 e. The van der Waals surface area contributed by atoms with Gasteiger partial charge in [-0.3, -0.25) is 4.79 Å². The molecule has 0 radical (unpaired) electrons. The SMILES string of the molecule is O=C(NCCc1ccc(F)cc1)c1nc(-c2ccccc2)no1. The summed E-state index contributed by atoms with van der Waals surface area (Å²) in [6, 6.07) is 15.4. The van der Waals surface area contributed by atoms with Gasteiger partial charge in [0.15, 0.2) is 0 Å². The number of nitrogens with one attached hydrogen (secondary N) is 1. The molecule has 0 atom stereocenters. The van der Waals surface area contributed by atoms with E-state index in [0.717, 1.165) is 11.1 Å². The highest BCUT2D eigenvalue weighted by atomic mass is 19.1. The van der Waals surface area contributed by atoms with Crippen LogP contribution in [0.5, 0.6) is 0 Å². The average Bonchev–Trinajstić information content (AvgIpc) is 3.07. The Bertz CT molecular complexity index is 785. The second-order valence-electron chi connectivity index (χ2n) is 4.92. The normalized spacial score (nSPS) is 10.5. The summed E-state index contributed by atoms with van der Waals surface area (Å²) in [5, 5.41) is 6.49. The average molecular weight is 311 g/mol. The molecule has 0 unspecified atom stereocenters. The van der Waals surface area contributed by atoms with Crippen molar-refractivity contribution in [2.75, 3.05) is 6.54 Å². The van der Waals surface area contributed by atoms with Gasteiger partial charge in [0.1, 0.15) is 5.82 Å². The fraction of sp³-hybridized carbons (Fsp3) is 0.118. The number of amides is 1. The Morgan fingerprint density at radius 3 is 2.57 bits per heavy atom. The van der Waals surface area contributed by atoms with Gasteiger partial charge in [-0.25, -0.2) is 4.39 Å². The zero-order valence-corrected chi connectivity index (χ0v) is 12.2. The number of benzene rings is 2. The smallest absolute Gasteiger partial charge is 0.316 e. The van der Waals surface area contributed by atoms with Gasteiger partial charge in [-0.2, -0.15) is 4.98 Å². The molecular formula is C17H14FN3O2. The van der Waals surface area contributed by atoms with E-state index in [-0.39, 0.29) is 11.7 Å². The van der Waals surface area contributed by atoms with Crippen LogP contribution in [0, 0.1) is 5.82 Å². The number of hydrogen-bond acceptors (Lipinski definition) is 4. The van der Waals surface area contributed by atoms with Crippen LogP contribution in [0.4, 0.5) is 4.39 Å². The van der Waals surface area contributed by atoms with Gasteiger partial charge < -0.3 is 9.84 Å². The van der Waals surface area contributed by atoms with Crippen LogP contribution in [0.1, 0.15) is 16.2 Å². The lowest BCUT2D eigenvalue weighted by molar-refractivity contribution is 0.0910. The van der Waals surface area contributed by atoms with Gasteiger partial charge >= 0.3 is 11.8 Å². The van der Waals surface area contributed by atoms with Crippen molar-refractivity contribution in [1.29, 1.82) is 0 Å². The van der Waals surface area contributed by atoms with Gasteiger partial charge in [0, 0.05) is 12.1 Å². The topological polar surface area (TPSA) is 68.0 Å².